The molecule has 82 valence electrons. The van der Waals surface area contributed by atoms with Crippen LogP contribution in [-0.2, 0) is 0 Å². The maximum absolute atomic E-state index is 5.71. The Kier molecular flexibility index (Phi) is 2.79. The lowest BCUT2D eigenvalue weighted by atomic mass is 10.0. The third kappa shape index (κ3) is 2.06. The van der Waals surface area contributed by atoms with E-state index in [9.17, 15) is 0 Å². The summed E-state index contributed by atoms with van der Waals surface area (Å²) in [6.45, 7) is 2.15. The normalized spacial score (nSPS) is 25.5. The van der Waals surface area contributed by atoms with Crippen LogP contribution in [0.3, 0.4) is 0 Å². The highest BCUT2D eigenvalue weighted by Gasteiger charge is 2.24. The van der Waals surface area contributed by atoms with Gasteiger partial charge in [0.15, 0.2) is 0 Å². The van der Waals surface area contributed by atoms with E-state index < -0.39 is 0 Å². The summed E-state index contributed by atoms with van der Waals surface area (Å²) in [5.41, 5.74) is 14.0. The number of rotatable bonds is 2. The Morgan fingerprint density at radius 1 is 1.40 bits per heavy atom. The zero-order valence-electron chi connectivity index (χ0n) is 9.08. The fourth-order valence-electron chi connectivity index (χ4n) is 1.93. The molecule has 0 radical (unpaired) electrons. The first-order chi connectivity index (χ1) is 7.20. The van der Waals surface area contributed by atoms with Gasteiger partial charge in [0.2, 0.25) is 0 Å². The number of hydrogen-bond acceptors (Lipinski definition) is 4. The molecule has 2 atom stereocenters. The Labute approximate surface area is 89.8 Å². The Hall–Kier alpha value is -1.26. The first-order valence-electron chi connectivity index (χ1n) is 5.15. The molecule has 0 saturated carbocycles. The zero-order chi connectivity index (χ0) is 10.8. The first-order valence-corrected chi connectivity index (χ1v) is 5.15. The van der Waals surface area contributed by atoms with E-state index in [0.29, 0.717) is 12.1 Å². The number of methoxy groups -OCH3 is 1. The lowest BCUT2D eigenvalue weighted by Crippen LogP contribution is -2.29. The van der Waals surface area contributed by atoms with Crippen LogP contribution >= 0.6 is 0 Å². The van der Waals surface area contributed by atoms with E-state index in [1.54, 1.807) is 7.11 Å². The van der Waals surface area contributed by atoms with Gasteiger partial charge in [-0.3, -0.25) is 5.43 Å². The quantitative estimate of drug-likeness (QED) is 0.638. The summed E-state index contributed by atoms with van der Waals surface area (Å²) < 4.78 is 5.33. The second-order valence-corrected chi connectivity index (χ2v) is 3.98. The van der Waals surface area contributed by atoms with Crippen LogP contribution in [0.5, 0.6) is 5.75 Å². The molecule has 1 aromatic carbocycles. The molecular weight excluding hydrogens is 190 g/mol. The molecule has 0 bridgehead atoms. The molecule has 0 aromatic heterocycles. The molecule has 1 aromatic rings. The van der Waals surface area contributed by atoms with Crippen molar-refractivity contribution in [2.24, 2.45) is 0 Å². The molecular formula is C11H17N3O. The van der Waals surface area contributed by atoms with Crippen molar-refractivity contribution >= 4 is 5.69 Å². The highest BCUT2D eigenvalue weighted by Crippen LogP contribution is 2.31. The van der Waals surface area contributed by atoms with Crippen LogP contribution in [0.15, 0.2) is 18.2 Å². The summed E-state index contributed by atoms with van der Waals surface area (Å²) in [6, 6.07) is 6.57. The molecule has 15 heavy (non-hydrogen) atoms. The monoisotopic (exact) mass is 207 g/mol. The van der Waals surface area contributed by atoms with Gasteiger partial charge in [-0.25, -0.2) is 5.43 Å². The van der Waals surface area contributed by atoms with Crippen molar-refractivity contribution in [1.29, 1.82) is 0 Å². The number of nitrogens with one attached hydrogen (secondary N) is 2. The van der Waals surface area contributed by atoms with E-state index in [1.165, 1.54) is 0 Å². The molecule has 2 unspecified atom stereocenters. The molecule has 4 N–H and O–H groups in total. The second-order valence-electron chi connectivity index (χ2n) is 3.98. The Balaban J connectivity index is 2.27. The highest BCUT2D eigenvalue weighted by atomic mass is 16.5. The fourth-order valence-corrected chi connectivity index (χ4v) is 1.93. The number of hydrogen-bond donors (Lipinski definition) is 3. The van der Waals surface area contributed by atoms with Crippen molar-refractivity contribution < 1.29 is 4.74 Å². The molecule has 0 spiro atoms. The van der Waals surface area contributed by atoms with E-state index in [-0.39, 0.29) is 0 Å². The number of nitrogens with two attached hydrogens (primary N) is 1. The Bertz CT molecular complexity index is 354. The van der Waals surface area contributed by atoms with Crippen molar-refractivity contribution in [3.05, 3.63) is 23.8 Å². The van der Waals surface area contributed by atoms with Crippen molar-refractivity contribution in [3.8, 4) is 5.75 Å². The van der Waals surface area contributed by atoms with Gasteiger partial charge in [0.05, 0.1) is 13.2 Å². The molecule has 4 heteroatoms. The van der Waals surface area contributed by atoms with E-state index in [0.717, 1.165) is 23.4 Å². The van der Waals surface area contributed by atoms with E-state index in [1.807, 2.05) is 18.2 Å². The Morgan fingerprint density at radius 3 is 2.80 bits per heavy atom. The van der Waals surface area contributed by atoms with Crippen LogP contribution in [0.2, 0.25) is 0 Å². The average Bonchev–Trinajstić information content (AvgIpc) is 2.64. The Morgan fingerprint density at radius 2 is 2.20 bits per heavy atom. The maximum Gasteiger partial charge on any atom is 0.125 e. The lowest BCUT2D eigenvalue weighted by Gasteiger charge is -2.14. The van der Waals surface area contributed by atoms with Gasteiger partial charge in [-0.05, 0) is 19.4 Å². The van der Waals surface area contributed by atoms with Crippen LogP contribution in [0.25, 0.3) is 0 Å². The minimum Gasteiger partial charge on any atom is -0.496 e. The molecule has 0 aliphatic carbocycles. The number of benzene rings is 1. The van der Waals surface area contributed by atoms with Crippen molar-refractivity contribution in [1.82, 2.24) is 10.9 Å². The van der Waals surface area contributed by atoms with Gasteiger partial charge in [-0.1, -0.05) is 6.07 Å². The van der Waals surface area contributed by atoms with Crippen molar-refractivity contribution in [3.63, 3.8) is 0 Å². The molecule has 4 nitrogen and oxygen atoms in total. The first kappa shape index (κ1) is 10.3. The highest BCUT2D eigenvalue weighted by molar-refractivity contribution is 5.49. The number of hydrazine groups is 1. The van der Waals surface area contributed by atoms with Crippen LogP contribution in [0.4, 0.5) is 5.69 Å². The average molecular weight is 207 g/mol. The third-order valence-electron chi connectivity index (χ3n) is 2.73. The van der Waals surface area contributed by atoms with Crippen LogP contribution < -0.4 is 21.3 Å². The SMILES string of the molecule is COc1cc(N)ccc1C1CC(C)NN1. The summed E-state index contributed by atoms with van der Waals surface area (Å²) >= 11 is 0. The number of ether oxygens (including phenoxy) is 1. The van der Waals surface area contributed by atoms with Crippen molar-refractivity contribution in [2.75, 3.05) is 12.8 Å². The van der Waals surface area contributed by atoms with Crippen LogP contribution in [0.1, 0.15) is 24.9 Å². The number of anilines is 1. The van der Waals surface area contributed by atoms with Gasteiger partial charge in [0, 0.05) is 23.4 Å². The summed E-state index contributed by atoms with van der Waals surface area (Å²) in [5, 5.41) is 0. The van der Waals surface area contributed by atoms with Gasteiger partial charge >= 0.3 is 0 Å². The smallest absolute Gasteiger partial charge is 0.125 e. The van der Waals surface area contributed by atoms with Crippen LogP contribution in [-0.4, -0.2) is 13.2 Å². The van der Waals surface area contributed by atoms with Gasteiger partial charge < -0.3 is 10.5 Å². The molecule has 1 saturated heterocycles. The zero-order valence-corrected chi connectivity index (χ0v) is 9.08. The predicted octanol–water partition coefficient (Wildman–Crippen LogP) is 1.20. The topological polar surface area (TPSA) is 59.3 Å². The largest absolute Gasteiger partial charge is 0.496 e. The number of nitrogen functional groups attached to an aromatic ring is 1. The molecule has 1 aliphatic rings. The summed E-state index contributed by atoms with van der Waals surface area (Å²) in [6.07, 6.45) is 1.06. The minimum atomic E-state index is 0.301. The summed E-state index contributed by atoms with van der Waals surface area (Å²) in [4.78, 5) is 0. The predicted molar refractivity (Wildman–Crippen MR) is 60.5 cm³/mol. The molecule has 1 heterocycles. The van der Waals surface area contributed by atoms with Gasteiger partial charge in [-0.15, -0.1) is 0 Å². The van der Waals surface area contributed by atoms with Gasteiger partial charge in [0.1, 0.15) is 5.75 Å². The van der Waals surface area contributed by atoms with E-state index in [4.69, 9.17) is 10.5 Å². The summed E-state index contributed by atoms with van der Waals surface area (Å²) in [5.74, 6) is 0.850. The standard InChI is InChI=1S/C11H17N3O/c1-7-5-10(14-13-7)9-4-3-8(12)6-11(9)15-2/h3-4,6-7,10,13-14H,5,12H2,1-2H3. The molecule has 0 amide bonds. The van der Waals surface area contributed by atoms with E-state index in [2.05, 4.69) is 17.8 Å². The molecule has 2 rings (SSSR count). The van der Waals surface area contributed by atoms with Crippen molar-refractivity contribution in [2.45, 2.75) is 25.4 Å². The van der Waals surface area contributed by atoms with Gasteiger partial charge in [-0.2, -0.15) is 0 Å². The fraction of sp³-hybridized carbons (Fsp3) is 0.455. The molecule has 1 fully saturated rings. The molecule has 1 aliphatic heterocycles. The second kappa shape index (κ2) is 4.08. The summed E-state index contributed by atoms with van der Waals surface area (Å²) in [7, 11) is 1.67. The third-order valence-corrected chi connectivity index (χ3v) is 2.73. The van der Waals surface area contributed by atoms with E-state index >= 15 is 0 Å². The van der Waals surface area contributed by atoms with Gasteiger partial charge in [0.25, 0.3) is 0 Å². The van der Waals surface area contributed by atoms with Crippen LogP contribution in [0, 0.1) is 0 Å². The lowest BCUT2D eigenvalue weighted by molar-refractivity contribution is 0.402. The minimum absolute atomic E-state index is 0.301. The maximum atomic E-state index is 5.71.